The highest BCUT2D eigenvalue weighted by molar-refractivity contribution is 6.05. The van der Waals surface area contributed by atoms with Gasteiger partial charge in [0.2, 0.25) is 0 Å². The Morgan fingerprint density at radius 2 is 1.84 bits per heavy atom. The third-order valence-corrected chi connectivity index (χ3v) is 5.27. The van der Waals surface area contributed by atoms with E-state index in [-0.39, 0.29) is 11.5 Å². The molecule has 0 atom stereocenters. The first-order valence-electron chi connectivity index (χ1n) is 10.3. The Balaban J connectivity index is 1.41. The number of para-hydroxylation sites is 1. The molecule has 0 fully saturated rings. The van der Waals surface area contributed by atoms with Gasteiger partial charge in [-0.15, -0.1) is 0 Å². The number of nitrogens with one attached hydrogen (secondary N) is 1. The number of hydrogen-bond donors (Lipinski definition) is 1. The van der Waals surface area contributed by atoms with E-state index in [4.69, 9.17) is 14.2 Å². The molecule has 1 heterocycles. The zero-order valence-electron chi connectivity index (χ0n) is 18.3. The Bertz CT molecular complexity index is 1100. The topological polar surface area (TPSA) is 56.8 Å². The van der Waals surface area contributed by atoms with Crippen molar-refractivity contribution >= 4 is 11.6 Å². The smallest absolute Gasteiger partial charge is 0.255 e. The first-order valence-corrected chi connectivity index (χ1v) is 10.3. The molecule has 5 nitrogen and oxygen atoms in total. The largest absolute Gasteiger partial charge is 0.495 e. The number of methoxy groups -OCH3 is 1. The molecule has 1 N–H and O–H groups in total. The summed E-state index contributed by atoms with van der Waals surface area (Å²) in [6.07, 6.45) is 0.870. The van der Waals surface area contributed by atoms with Crippen LogP contribution in [0, 0.1) is 6.92 Å². The van der Waals surface area contributed by atoms with Crippen LogP contribution in [0.3, 0.4) is 0 Å². The second kappa shape index (κ2) is 8.34. The summed E-state index contributed by atoms with van der Waals surface area (Å²) in [5.41, 5.74) is 4.21. The molecule has 0 saturated carbocycles. The number of hydrogen-bond acceptors (Lipinski definition) is 4. The minimum Gasteiger partial charge on any atom is -0.495 e. The van der Waals surface area contributed by atoms with E-state index in [2.05, 4.69) is 25.2 Å². The van der Waals surface area contributed by atoms with Gasteiger partial charge in [0.05, 0.1) is 12.8 Å². The molecule has 0 aliphatic carbocycles. The third kappa shape index (κ3) is 4.66. The van der Waals surface area contributed by atoms with Gasteiger partial charge in [0.15, 0.2) is 11.5 Å². The SMILES string of the molecule is COc1cc(C)ccc1NC(=O)c1ccc(COc2cccc3c2OC(C)(C)C3)cc1. The van der Waals surface area contributed by atoms with E-state index in [0.717, 1.165) is 29.0 Å². The van der Waals surface area contributed by atoms with Crippen molar-refractivity contribution in [3.05, 3.63) is 82.9 Å². The maximum Gasteiger partial charge on any atom is 0.255 e. The Hall–Kier alpha value is -3.47. The van der Waals surface area contributed by atoms with E-state index in [1.165, 1.54) is 5.56 Å². The van der Waals surface area contributed by atoms with E-state index in [0.29, 0.717) is 23.6 Å². The quantitative estimate of drug-likeness (QED) is 0.571. The van der Waals surface area contributed by atoms with Crippen LogP contribution in [0.4, 0.5) is 5.69 Å². The van der Waals surface area contributed by atoms with Gasteiger partial charge in [-0.3, -0.25) is 4.79 Å². The fourth-order valence-corrected chi connectivity index (χ4v) is 3.71. The van der Waals surface area contributed by atoms with E-state index in [1.54, 1.807) is 19.2 Å². The van der Waals surface area contributed by atoms with Crippen molar-refractivity contribution in [2.75, 3.05) is 12.4 Å². The van der Waals surface area contributed by atoms with Crippen molar-refractivity contribution in [3.8, 4) is 17.2 Å². The fraction of sp³-hybridized carbons (Fsp3) is 0.269. The van der Waals surface area contributed by atoms with Crippen LogP contribution in [-0.2, 0) is 13.0 Å². The van der Waals surface area contributed by atoms with Crippen LogP contribution in [0.5, 0.6) is 17.2 Å². The zero-order valence-corrected chi connectivity index (χ0v) is 18.3. The molecule has 0 bridgehead atoms. The van der Waals surface area contributed by atoms with Crippen LogP contribution in [0.1, 0.15) is 40.9 Å². The number of ether oxygens (including phenoxy) is 3. The summed E-state index contributed by atoms with van der Waals surface area (Å²) in [7, 11) is 1.59. The number of fused-ring (bicyclic) bond motifs is 1. The predicted octanol–water partition coefficient (Wildman–Crippen LogP) is 5.55. The van der Waals surface area contributed by atoms with Crippen molar-refractivity contribution in [1.82, 2.24) is 0 Å². The molecule has 1 aliphatic heterocycles. The van der Waals surface area contributed by atoms with Crippen molar-refractivity contribution < 1.29 is 19.0 Å². The fourth-order valence-electron chi connectivity index (χ4n) is 3.71. The lowest BCUT2D eigenvalue weighted by atomic mass is 10.0. The molecule has 160 valence electrons. The number of rotatable bonds is 6. The molecule has 31 heavy (non-hydrogen) atoms. The standard InChI is InChI=1S/C26H27NO4/c1-17-8-13-21(23(14-17)29-4)27-25(28)19-11-9-18(10-12-19)16-30-22-7-5-6-20-15-26(2,3)31-24(20)22/h5-14H,15-16H2,1-4H3,(H,27,28). The lowest BCUT2D eigenvalue weighted by Crippen LogP contribution is -2.24. The number of amides is 1. The highest BCUT2D eigenvalue weighted by atomic mass is 16.5. The van der Waals surface area contributed by atoms with Crippen LogP contribution in [0.2, 0.25) is 0 Å². The average Bonchev–Trinajstić information content (AvgIpc) is 3.08. The van der Waals surface area contributed by atoms with Crippen molar-refractivity contribution in [2.24, 2.45) is 0 Å². The van der Waals surface area contributed by atoms with E-state index < -0.39 is 0 Å². The molecular formula is C26H27NO4. The van der Waals surface area contributed by atoms with Gasteiger partial charge in [0.1, 0.15) is 18.0 Å². The summed E-state index contributed by atoms with van der Waals surface area (Å²) in [6, 6.07) is 19.1. The number of carbonyl (C=O) groups is 1. The Kier molecular flexibility index (Phi) is 5.59. The number of aryl methyl sites for hydroxylation is 1. The minimum absolute atomic E-state index is 0.189. The van der Waals surface area contributed by atoms with Gasteiger partial charge in [-0.2, -0.15) is 0 Å². The molecule has 0 aromatic heterocycles. The average molecular weight is 418 g/mol. The molecular weight excluding hydrogens is 390 g/mol. The minimum atomic E-state index is -0.211. The maximum absolute atomic E-state index is 12.6. The molecule has 3 aromatic carbocycles. The molecule has 1 aliphatic rings. The summed E-state index contributed by atoms with van der Waals surface area (Å²) in [5.74, 6) is 2.03. The van der Waals surface area contributed by atoms with Crippen molar-refractivity contribution in [3.63, 3.8) is 0 Å². The van der Waals surface area contributed by atoms with Crippen LogP contribution in [0.25, 0.3) is 0 Å². The summed E-state index contributed by atoms with van der Waals surface area (Å²) in [6.45, 7) is 6.53. The van der Waals surface area contributed by atoms with E-state index >= 15 is 0 Å². The lowest BCUT2D eigenvalue weighted by molar-refractivity contribution is 0.102. The summed E-state index contributed by atoms with van der Waals surface area (Å²) >= 11 is 0. The summed E-state index contributed by atoms with van der Waals surface area (Å²) in [4.78, 5) is 12.6. The molecule has 0 unspecified atom stereocenters. The molecule has 0 spiro atoms. The molecule has 1 amide bonds. The van der Waals surface area contributed by atoms with Crippen LogP contribution >= 0.6 is 0 Å². The zero-order chi connectivity index (χ0) is 22.0. The highest BCUT2D eigenvalue weighted by Crippen LogP contribution is 2.42. The van der Waals surface area contributed by atoms with Gasteiger partial charge < -0.3 is 19.5 Å². The third-order valence-electron chi connectivity index (χ3n) is 5.27. The Labute approximate surface area is 183 Å². The number of carbonyl (C=O) groups excluding carboxylic acids is 1. The first-order chi connectivity index (χ1) is 14.8. The van der Waals surface area contributed by atoms with Gasteiger partial charge in [0, 0.05) is 17.5 Å². The monoisotopic (exact) mass is 417 g/mol. The van der Waals surface area contributed by atoms with Crippen molar-refractivity contribution in [1.29, 1.82) is 0 Å². The molecule has 0 radical (unpaired) electrons. The lowest BCUT2D eigenvalue weighted by Gasteiger charge is -2.18. The molecule has 0 saturated heterocycles. The van der Waals surface area contributed by atoms with Gasteiger partial charge in [-0.05, 0) is 62.2 Å². The van der Waals surface area contributed by atoms with Crippen LogP contribution in [0.15, 0.2) is 60.7 Å². The van der Waals surface area contributed by atoms with E-state index in [1.807, 2.05) is 49.4 Å². The summed E-state index contributed by atoms with van der Waals surface area (Å²) in [5, 5.41) is 2.91. The van der Waals surface area contributed by atoms with Gasteiger partial charge in [-0.25, -0.2) is 0 Å². The second-order valence-corrected chi connectivity index (χ2v) is 8.43. The maximum atomic E-state index is 12.6. The second-order valence-electron chi connectivity index (χ2n) is 8.43. The van der Waals surface area contributed by atoms with E-state index in [9.17, 15) is 4.79 Å². The number of anilines is 1. The summed E-state index contributed by atoms with van der Waals surface area (Å²) < 4.78 is 17.4. The molecule has 4 rings (SSSR count). The predicted molar refractivity (Wildman–Crippen MR) is 121 cm³/mol. The van der Waals surface area contributed by atoms with Gasteiger partial charge in [-0.1, -0.05) is 30.3 Å². The highest BCUT2D eigenvalue weighted by Gasteiger charge is 2.32. The molecule has 3 aromatic rings. The van der Waals surface area contributed by atoms with Crippen molar-refractivity contribution in [2.45, 2.75) is 39.4 Å². The Morgan fingerprint density at radius 3 is 2.58 bits per heavy atom. The number of benzene rings is 3. The van der Waals surface area contributed by atoms with Crippen LogP contribution < -0.4 is 19.5 Å². The first kappa shape index (κ1) is 20.8. The Morgan fingerprint density at radius 1 is 1.06 bits per heavy atom. The normalized spacial score (nSPS) is 13.8. The van der Waals surface area contributed by atoms with Gasteiger partial charge in [0.25, 0.3) is 5.91 Å². The van der Waals surface area contributed by atoms with Gasteiger partial charge >= 0.3 is 0 Å². The van der Waals surface area contributed by atoms with Crippen LogP contribution in [-0.4, -0.2) is 18.6 Å². The molecule has 5 heteroatoms.